The van der Waals surface area contributed by atoms with Crippen LogP contribution in [-0.2, 0) is 4.74 Å². The van der Waals surface area contributed by atoms with Crippen molar-refractivity contribution in [3.05, 3.63) is 0 Å². The Kier molecular flexibility index (Phi) is 2.88. The smallest absolute Gasteiger partial charge is 0.182 e. The Hall–Kier alpha value is 0.320. The molecule has 66 valence electrons. The van der Waals surface area contributed by atoms with Crippen molar-refractivity contribution in [1.82, 2.24) is 0 Å². The molecule has 11 heavy (non-hydrogen) atoms. The van der Waals surface area contributed by atoms with Crippen LogP contribution in [0.2, 0.25) is 0 Å². The van der Waals surface area contributed by atoms with Gasteiger partial charge in [-0.1, -0.05) is 15.9 Å². The summed E-state index contributed by atoms with van der Waals surface area (Å²) < 4.78 is 4.81. The Labute approximate surface area is 72.9 Å². The quantitative estimate of drug-likeness (QED) is 0.474. The molecule has 5 atom stereocenters. The SMILES string of the molecule is C[C@@H]1O[C@@H](O)[C@H](O)[C@@H](Br)[C@H]1O. The molecule has 0 radical (unpaired) electrons. The molecule has 0 spiro atoms. The normalized spacial score (nSPS) is 52.6. The van der Waals surface area contributed by atoms with E-state index in [0.717, 1.165) is 0 Å². The fourth-order valence-electron chi connectivity index (χ4n) is 0.999. The molecule has 0 aliphatic carbocycles. The number of aliphatic hydroxyl groups excluding tert-OH is 3. The number of hydrogen-bond donors (Lipinski definition) is 3. The molecule has 5 heteroatoms. The predicted molar refractivity (Wildman–Crippen MR) is 41.3 cm³/mol. The van der Waals surface area contributed by atoms with Gasteiger partial charge in [0.25, 0.3) is 0 Å². The zero-order chi connectivity index (χ0) is 8.59. The van der Waals surface area contributed by atoms with E-state index in [4.69, 9.17) is 14.9 Å². The highest BCUT2D eigenvalue weighted by atomic mass is 79.9. The molecule has 0 bridgehead atoms. The van der Waals surface area contributed by atoms with Gasteiger partial charge in [-0.2, -0.15) is 0 Å². The molecule has 3 N–H and O–H groups in total. The molecular weight excluding hydrogens is 216 g/mol. The van der Waals surface area contributed by atoms with Crippen LogP contribution in [0, 0.1) is 0 Å². The van der Waals surface area contributed by atoms with E-state index in [-0.39, 0.29) is 0 Å². The number of alkyl halides is 1. The lowest BCUT2D eigenvalue weighted by Gasteiger charge is -2.36. The van der Waals surface area contributed by atoms with Gasteiger partial charge in [-0.25, -0.2) is 0 Å². The molecule has 0 aromatic rings. The van der Waals surface area contributed by atoms with Gasteiger partial charge in [-0.15, -0.1) is 0 Å². The van der Waals surface area contributed by atoms with Gasteiger partial charge in [0, 0.05) is 0 Å². The molecular formula is C6H11BrO4. The lowest BCUT2D eigenvalue weighted by atomic mass is 10.0. The molecule has 1 rings (SSSR count). The average molecular weight is 227 g/mol. The molecule has 1 heterocycles. The van der Waals surface area contributed by atoms with Crippen LogP contribution in [0.25, 0.3) is 0 Å². The summed E-state index contributed by atoms with van der Waals surface area (Å²) in [6, 6.07) is 0. The lowest BCUT2D eigenvalue weighted by Crippen LogP contribution is -2.53. The first-order chi connectivity index (χ1) is 5.04. The van der Waals surface area contributed by atoms with Crippen molar-refractivity contribution in [1.29, 1.82) is 0 Å². The Morgan fingerprint density at radius 3 is 2.27 bits per heavy atom. The molecule has 0 unspecified atom stereocenters. The highest BCUT2D eigenvalue weighted by molar-refractivity contribution is 9.09. The van der Waals surface area contributed by atoms with E-state index in [0.29, 0.717) is 0 Å². The van der Waals surface area contributed by atoms with Crippen molar-refractivity contribution in [3.8, 4) is 0 Å². The maximum Gasteiger partial charge on any atom is 0.182 e. The van der Waals surface area contributed by atoms with Gasteiger partial charge >= 0.3 is 0 Å². The molecule has 0 saturated carbocycles. The third-order valence-corrected chi connectivity index (χ3v) is 2.86. The summed E-state index contributed by atoms with van der Waals surface area (Å²) in [5, 5.41) is 27.5. The Bertz CT molecular complexity index is 129. The maximum absolute atomic E-state index is 9.29. The number of hydrogen-bond acceptors (Lipinski definition) is 4. The summed E-state index contributed by atoms with van der Waals surface area (Å²) in [5.41, 5.74) is 0. The summed E-state index contributed by atoms with van der Waals surface area (Å²) in [4.78, 5) is -0.527. The molecule has 1 fully saturated rings. The van der Waals surface area contributed by atoms with Crippen LogP contribution in [0.3, 0.4) is 0 Å². The third kappa shape index (κ3) is 1.73. The highest BCUT2D eigenvalue weighted by Gasteiger charge is 2.40. The topological polar surface area (TPSA) is 69.9 Å². The van der Waals surface area contributed by atoms with Crippen LogP contribution in [0.4, 0.5) is 0 Å². The van der Waals surface area contributed by atoms with Gasteiger partial charge in [0.2, 0.25) is 0 Å². The molecule has 0 aromatic heterocycles. The first-order valence-electron chi connectivity index (χ1n) is 3.37. The van der Waals surface area contributed by atoms with Crippen molar-refractivity contribution >= 4 is 15.9 Å². The number of aliphatic hydroxyl groups is 3. The third-order valence-electron chi connectivity index (χ3n) is 1.78. The van der Waals surface area contributed by atoms with Crippen LogP contribution in [0.1, 0.15) is 6.92 Å². The van der Waals surface area contributed by atoms with Crippen molar-refractivity contribution in [2.75, 3.05) is 0 Å². The number of ether oxygens (including phenoxy) is 1. The standard InChI is InChI=1S/C6H11BrO4/c1-2-4(8)3(7)5(9)6(10)11-2/h2-6,8-10H,1H3/t2-,3-,4-,5+,6+/m0/s1. The number of rotatable bonds is 0. The lowest BCUT2D eigenvalue weighted by molar-refractivity contribution is -0.236. The molecule has 1 aliphatic heterocycles. The minimum Gasteiger partial charge on any atom is -0.389 e. The second-order valence-corrected chi connectivity index (χ2v) is 3.71. The summed E-state index contributed by atoms with van der Waals surface area (Å²) in [6.45, 7) is 1.63. The molecule has 0 aromatic carbocycles. The molecule has 1 saturated heterocycles. The van der Waals surface area contributed by atoms with Gasteiger partial charge < -0.3 is 20.1 Å². The van der Waals surface area contributed by atoms with Crippen molar-refractivity contribution in [2.45, 2.75) is 36.4 Å². The number of halogens is 1. The second-order valence-electron chi connectivity index (χ2n) is 2.66. The molecule has 0 amide bonds. The first kappa shape index (κ1) is 9.41. The van der Waals surface area contributed by atoms with Crippen LogP contribution in [0.5, 0.6) is 0 Å². The Balaban J connectivity index is 2.63. The van der Waals surface area contributed by atoms with Crippen molar-refractivity contribution in [3.63, 3.8) is 0 Å². The van der Waals surface area contributed by atoms with E-state index in [1.165, 1.54) is 0 Å². The van der Waals surface area contributed by atoms with Crippen molar-refractivity contribution in [2.24, 2.45) is 0 Å². The zero-order valence-corrected chi connectivity index (χ0v) is 7.60. The van der Waals surface area contributed by atoms with Crippen LogP contribution in [0.15, 0.2) is 0 Å². The first-order valence-corrected chi connectivity index (χ1v) is 4.29. The maximum atomic E-state index is 9.29. The summed E-state index contributed by atoms with van der Waals surface area (Å²) in [7, 11) is 0. The van der Waals surface area contributed by atoms with Gasteiger partial charge in [0.1, 0.15) is 6.10 Å². The summed E-state index contributed by atoms with van der Waals surface area (Å²) >= 11 is 3.06. The van der Waals surface area contributed by atoms with Gasteiger partial charge in [0.05, 0.1) is 17.0 Å². The molecule has 1 aliphatic rings. The van der Waals surface area contributed by atoms with E-state index < -0.39 is 29.4 Å². The van der Waals surface area contributed by atoms with Crippen LogP contribution >= 0.6 is 15.9 Å². The fraction of sp³-hybridized carbons (Fsp3) is 1.00. The van der Waals surface area contributed by atoms with Gasteiger partial charge in [-0.05, 0) is 6.92 Å². The molecule has 4 nitrogen and oxygen atoms in total. The van der Waals surface area contributed by atoms with Crippen LogP contribution < -0.4 is 0 Å². The minimum absolute atomic E-state index is 0.460. The van der Waals surface area contributed by atoms with Crippen LogP contribution in [-0.4, -0.2) is 44.7 Å². The second kappa shape index (κ2) is 3.37. The van der Waals surface area contributed by atoms with E-state index in [1.54, 1.807) is 6.92 Å². The summed E-state index contributed by atoms with van der Waals surface area (Å²) in [6.07, 6.45) is -3.52. The van der Waals surface area contributed by atoms with E-state index in [9.17, 15) is 5.11 Å². The highest BCUT2D eigenvalue weighted by Crippen LogP contribution is 2.24. The van der Waals surface area contributed by atoms with Gasteiger partial charge in [-0.3, -0.25) is 0 Å². The predicted octanol–water partition coefficient (Wildman–Crippen LogP) is -0.791. The van der Waals surface area contributed by atoms with Crippen molar-refractivity contribution < 1.29 is 20.1 Å². The Morgan fingerprint density at radius 2 is 1.73 bits per heavy atom. The average Bonchev–Trinajstić information content (AvgIpc) is 1.97. The van der Waals surface area contributed by atoms with Gasteiger partial charge in [0.15, 0.2) is 6.29 Å². The largest absolute Gasteiger partial charge is 0.389 e. The Morgan fingerprint density at radius 1 is 1.18 bits per heavy atom. The minimum atomic E-state index is -1.21. The van der Waals surface area contributed by atoms with E-state index >= 15 is 0 Å². The fourth-order valence-corrected chi connectivity index (χ4v) is 1.69. The summed E-state index contributed by atoms with van der Waals surface area (Å²) in [5.74, 6) is 0. The van der Waals surface area contributed by atoms with E-state index in [2.05, 4.69) is 15.9 Å². The van der Waals surface area contributed by atoms with E-state index in [1.807, 2.05) is 0 Å². The monoisotopic (exact) mass is 226 g/mol. The zero-order valence-electron chi connectivity index (χ0n) is 6.01.